The lowest BCUT2D eigenvalue weighted by Gasteiger charge is -2.13. The smallest absolute Gasteiger partial charge is 0.344 e. The first-order valence-electron chi connectivity index (χ1n) is 5.49. The summed E-state index contributed by atoms with van der Waals surface area (Å²) < 4.78 is 2.19. The van der Waals surface area contributed by atoms with Gasteiger partial charge in [-0.3, -0.25) is 0 Å². The summed E-state index contributed by atoms with van der Waals surface area (Å²) in [5, 5.41) is 12.0. The highest BCUT2D eigenvalue weighted by Crippen LogP contribution is 2.18. The molecule has 0 radical (unpaired) electrons. The van der Waals surface area contributed by atoms with Crippen molar-refractivity contribution < 1.29 is 14.7 Å². The van der Waals surface area contributed by atoms with Gasteiger partial charge < -0.3 is 14.5 Å². The molecular weight excluding hydrogens is 220 g/mol. The fraction of sp³-hybridized carbons (Fsp3) is 0.500. The van der Waals surface area contributed by atoms with Crippen molar-refractivity contribution in [1.82, 2.24) is 4.57 Å². The van der Waals surface area contributed by atoms with Crippen LogP contribution in [0.4, 0.5) is 0 Å². The summed E-state index contributed by atoms with van der Waals surface area (Å²) in [6.45, 7) is 7.84. The first-order valence-corrected chi connectivity index (χ1v) is 5.49. The molecule has 1 aromatic rings. The van der Waals surface area contributed by atoms with Crippen LogP contribution >= 0.6 is 0 Å². The summed E-state index contributed by atoms with van der Waals surface area (Å²) >= 11 is 0. The van der Waals surface area contributed by atoms with Crippen molar-refractivity contribution in [2.75, 3.05) is 6.61 Å². The van der Waals surface area contributed by atoms with Crippen molar-refractivity contribution in [3.05, 3.63) is 23.0 Å². The molecular formula is C12H18N2O3. The van der Waals surface area contributed by atoms with E-state index in [1.165, 1.54) is 0 Å². The Kier molecular flexibility index (Phi) is 4.31. The van der Waals surface area contributed by atoms with E-state index in [9.17, 15) is 4.79 Å². The van der Waals surface area contributed by atoms with Crippen molar-refractivity contribution in [2.45, 2.75) is 33.7 Å². The second-order valence-electron chi connectivity index (χ2n) is 4.19. The number of rotatable bonds is 5. The Morgan fingerprint density at radius 2 is 2.24 bits per heavy atom. The Hall–Kier alpha value is -1.78. The molecule has 1 rings (SSSR count). The quantitative estimate of drug-likeness (QED) is 0.631. The zero-order valence-corrected chi connectivity index (χ0v) is 10.6. The molecule has 0 bridgehead atoms. The van der Waals surface area contributed by atoms with E-state index in [0.29, 0.717) is 6.04 Å². The first kappa shape index (κ1) is 13.3. The molecule has 5 heteroatoms. The van der Waals surface area contributed by atoms with Crippen LogP contribution in [0.3, 0.4) is 0 Å². The largest absolute Gasteiger partial charge is 0.479 e. The lowest BCUT2D eigenvalue weighted by Crippen LogP contribution is -2.05. The predicted octanol–water partition coefficient (Wildman–Crippen LogP) is 2.12. The van der Waals surface area contributed by atoms with Crippen molar-refractivity contribution in [3.8, 4) is 0 Å². The van der Waals surface area contributed by atoms with Crippen molar-refractivity contribution in [1.29, 1.82) is 0 Å². The predicted molar refractivity (Wildman–Crippen MR) is 65.5 cm³/mol. The molecule has 0 atom stereocenters. The van der Waals surface area contributed by atoms with E-state index in [-0.39, 0.29) is 0 Å². The molecule has 0 fully saturated rings. The van der Waals surface area contributed by atoms with Gasteiger partial charge in [-0.25, -0.2) is 4.79 Å². The lowest BCUT2D eigenvalue weighted by atomic mass is 10.2. The third-order valence-electron chi connectivity index (χ3n) is 2.49. The van der Waals surface area contributed by atoms with E-state index in [0.717, 1.165) is 17.0 Å². The lowest BCUT2D eigenvalue weighted by molar-refractivity contribution is -0.142. The van der Waals surface area contributed by atoms with Crippen LogP contribution in [0.2, 0.25) is 0 Å². The van der Waals surface area contributed by atoms with E-state index in [1.807, 2.05) is 19.9 Å². The average molecular weight is 238 g/mol. The average Bonchev–Trinajstić information content (AvgIpc) is 2.48. The summed E-state index contributed by atoms with van der Waals surface area (Å²) in [4.78, 5) is 14.8. The molecule has 0 amide bonds. The summed E-state index contributed by atoms with van der Waals surface area (Å²) in [7, 11) is 0. The molecule has 1 N–H and O–H groups in total. The molecule has 5 nitrogen and oxygen atoms in total. The maximum Gasteiger partial charge on any atom is 0.344 e. The number of carboxylic acids is 1. The van der Waals surface area contributed by atoms with Crippen LogP contribution in [-0.2, 0) is 9.63 Å². The number of aryl methyl sites for hydroxylation is 1. The minimum absolute atomic E-state index is 0.386. The summed E-state index contributed by atoms with van der Waals surface area (Å²) in [6, 6.07) is 2.39. The number of aromatic nitrogens is 1. The number of hydrogen-bond acceptors (Lipinski definition) is 3. The van der Waals surface area contributed by atoms with Crippen LogP contribution in [-0.4, -0.2) is 28.5 Å². The molecule has 1 aromatic heterocycles. The molecule has 94 valence electrons. The molecule has 0 aliphatic rings. The number of carbonyl (C=O) groups is 1. The molecule has 0 saturated heterocycles. The molecule has 0 aromatic carbocycles. The third-order valence-corrected chi connectivity index (χ3v) is 2.49. The second-order valence-corrected chi connectivity index (χ2v) is 4.19. The minimum Gasteiger partial charge on any atom is -0.479 e. The Morgan fingerprint density at radius 3 is 2.71 bits per heavy atom. The summed E-state index contributed by atoms with van der Waals surface area (Å²) in [5.74, 6) is -1.03. The van der Waals surface area contributed by atoms with Gasteiger partial charge in [0.15, 0.2) is 0 Å². The number of aliphatic carboxylic acids is 1. The molecule has 0 spiro atoms. The van der Waals surface area contributed by atoms with Gasteiger partial charge in [0.25, 0.3) is 0 Å². The SMILES string of the molecule is Cc1cc(/C=N\OCC(=O)O)c(C)n1C(C)C. The fourth-order valence-corrected chi connectivity index (χ4v) is 1.91. The van der Waals surface area contributed by atoms with Crippen LogP contribution in [0.25, 0.3) is 0 Å². The van der Waals surface area contributed by atoms with Gasteiger partial charge >= 0.3 is 5.97 Å². The van der Waals surface area contributed by atoms with E-state index >= 15 is 0 Å². The molecule has 17 heavy (non-hydrogen) atoms. The van der Waals surface area contributed by atoms with E-state index in [1.54, 1.807) is 6.21 Å². The van der Waals surface area contributed by atoms with E-state index in [4.69, 9.17) is 5.11 Å². The fourth-order valence-electron chi connectivity index (χ4n) is 1.91. The van der Waals surface area contributed by atoms with Crippen molar-refractivity contribution >= 4 is 12.2 Å². The zero-order valence-electron chi connectivity index (χ0n) is 10.6. The van der Waals surface area contributed by atoms with Gasteiger partial charge in [0.05, 0.1) is 6.21 Å². The monoisotopic (exact) mass is 238 g/mol. The van der Waals surface area contributed by atoms with Crippen LogP contribution in [0.1, 0.15) is 36.8 Å². The highest BCUT2D eigenvalue weighted by Gasteiger charge is 2.09. The molecule has 0 unspecified atom stereocenters. The highest BCUT2D eigenvalue weighted by atomic mass is 16.6. The van der Waals surface area contributed by atoms with Gasteiger partial charge in [0, 0.05) is 23.0 Å². The number of hydrogen-bond donors (Lipinski definition) is 1. The van der Waals surface area contributed by atoms with Gasteiger partial charge in [0.1, 0.15) is 0 Å². The number of carboxylic acid groups (broad SMARTS) is 1. The van der Waals surface area contributed by atoms with Crippen LogP contribution in [0, 0.1) is 13.8 Å². The molecule has 1 heterocycles. The maximum atomic E-state index is 10.2. The first-order chi connectivity index (χ1) is 7.93. The van der Waals surface area contributed by atoms with Gasteiger partial charge in [-0.1, -0.05) is 5.16 Å². The number of oxime groups is 1. The van der Waals surface area contributed by atoms with Crippen LogP contribution in [0.5, 0.6) is 0 Å². The third kappa shape index (κ3) is 3.34. The Labute approximate surface area is 101 Å². The van der Waals surface area contributed by atoms with Crippen LogP contribution < -0.4 is 0 Å². The Balaban J connectivity index is 2.79. The van der Waals surface area contributed by atoms with Crippen molar-refractivity contribution in [2.24, 2.45) is 5.16 Å². The molecule has 0 saturated carbocycles. The maximum absolute atomic E-state index is 10.2. The normalized spacial score (nSPS) is 11.4. The van der Waals surface area contributed by atoms with Gasteiger partial charge in [-0.2, -0.15) is 0 Å². The van der Waals surface area contributed by atoms with E-state index in [2.05, 4.69) is 28.4 Å². The van der Waals surface area contributed by atoms with Crippen molar-refractivity contribution in [3.63, 3.8) is 0 Å². The molecule has 0 aliphatic heterocycles. The minimum atomic E-state index is -1.03. The highest BCUT2D eigenvalue weighted by molar-refractivity contribution is 5.81. The number of nitrogens with zero attached hydrogens (tertiary/aromatic N) is 2. The second kappa shape index (κ2) is 5.52. The van der Waals surface area contributed by atoms with E-state index < -0.39 is 12.6 Å². The standard InChI is InChI=1S/C12H18N2O3/c1-8(2)14-9(3)5-11(10(14)4)6-13-17-7-12(15)16/h5-6,8H,7H2,1-4H3,(H,15,16)/b13-6-. The Bertz CT molecular complexity index is 433. The van der Waals surface area contributed by atoms with Crippen LogP contribution in [0.15, 0.2) is 11.2 Å². The van der Waals surface area contributed by atoms with Gasteiger partial charge in [-0.15, -0.1) is 0 Å². The Morgan fingerprint density at radius 1 is 1.59 bits per heavy atom. The summed E-state index contributed by atoms with van der Waals surface area (Å²) in [6.07, 6.45) is 1.55. The summed E-state index contributed by atoms with van der Waals surface area (Å²) in [5.41, 5.74) is 3.19. The topological polar surface area (TPSA) is 63.8 Å². The molecule has 0 aliphatic carbocycles. The van der Waals surface area contributed by atoms with Gasteiger partial charge in [-0.05, 0) is 33.8 Å². The van der Waals surface area contributed by atoms with Gasteiger partial charge in [0.2, 0.25) is 6.61 Å². The zero-order chi connectivity index (χ0) is 13.0.